The molecule has 2 heterocycles. The number of aromatic nitrogens is 1. The van der Waals surface area contributed by atoms with E-state index >= 15 is 0 Å². The van der Waals surface area contributed by atoms with Gasteiger partial charge in [0.1, 0.15) is 5.67 Å². The van der Waals surface area contributed by atoms with Gasteiger partial charge in [0.05, 0.1) is 12.2 Å². The maximum absolute atomic E-state index is 14.0. The number of hydrogen-bond acceptors (Lipinski definition) is 4. The van der Waals surface area contributed by atoms with Crippen LogP contribution >= 0.6 is 0 Å². The van der Waals surface area contributed by atoms with E-state index < -0.39 is 17.4 Å². The largest absolute Gasteiger partial charge is 0.383 e. The highest BCUT2D eigenvalue weighted by atomic mass is 19.1. The standard InChI is InChI=1S/C29H36FN3O4/c1-29(30)11-7-20(8-12-29)17-21-9-13-32(14-10-21)27(35)24-19-33(15-16-37-4)25-6-5-22(18-23(24)25)26(34)28(36)31(2)3/h5-8,11,18-19,21H,9-10,12-17H2,1-4H3. The predicted octanol–water partition coefficient (Wildman–Crippen LogP) is 4.42. The third kappa shape index (κ3) is 6.01. The molecule has 1 fully saturated rings. The number of amides is 2. The van der Waals surface area contributed by atoms with Gasteiger partial charge in [-0.1, -0.05) is 17.7 Å². The first-order valence-corrected chi connectivity index (χ1v) is 12.8. The van der Waals surface area contributed by atoms with E-state index in [-0.39, 0.29) is 11.5 Å². The van der Waals surface area contributed by atoms with Crippen LogP contribution in [0.25, 0.3) is 10.9 Å². The molecule has 37 heavy (non-hydrogen) atoms. The number of rotatable bonds is 8. The van der Waals surface area contributed by atoms with Gasteiger partial charge in [-0.05, 0) is 56.4 Å². The Bertz CT molecular complexity index is 1250. The average Bonchev–Trinajstić information content (AvgIpc) is 3.25. The lowest BCUT2D eigenvalue weighted by atomic mass is 9.86. The summed E-state index contributed by atoms with van der Waals surface area (Å²) in [6, 6.07) is 5.08. The number of piperidine rings is 1. The zero-order valence-corrected chi connectivity index (χ0v) is 22.1. The molecule has 4 rings (SSSR count). The SMILES string of the molecule is COCCn1cc(C(=O)N2CCC(CC3=CCC(C)(F)C=C3)CC2)c2cc(C(=O)C(=O)N(C)C)ccc21. The number of methoxy groups -OCH3 is 1. The van der Waals surface area contributed by atoms with E-state index in [1.165, 1.54) is 24.6 Å². The van der Waals surface area contributed by atoms with E-state index in [0.717, 1.165) is 24.8 Å². The molecule has 0 radical (unpaired) electrons. The molecule has 0 saturated carbocycles. The summed E-state index contributed by atoms with van der Waals surface area (Å²) in [5.41, 5.74) is 1.52. The second-order valence-corrected chi connectivity index (χ2v) is 10.5. The van der Waals surface area contributed by atoms with Crippen LogP contribution in [0.5, 0.6) is 0 Å². The van der Waals surface area contributed by atoms with Gasteiger partial charge in [-0.2, -0.15) is 0 Å². The normalized spacial score (nSPS) is 20.2. The monoisotopic (exact) mass is 509 g/mol. The third-order valence-electron chi connectivity index (χ3n) is 7.34. The average molecular weight is 510 g/mol. The van der Waals surface area contributed by atoms with E-state index in [1.54, 1.807) is 38.3 Å². The number of nitrogens with zero attached hydrogens (tertiary/aromatic N) is 3. The maximum Gasteiger partial charge on any atom is 0.294 e. The summed E-state index contributed by atoms with van der Waals surface area (Å²) in [5, 5.41) is 0.660. The van der Waals surface area contributed by atoms with Crippen molar-refractivity contribution in [2.24, 2.45) is 5.92 Å². The summed E-state index contributed by atoms with van der Waals surface area (Å²) in [6.45, 7) is 3.92. The van der Waals surface area contributed by atoms with Crippen LogP contribution in [0.4, 0.5) is 4.39 Å². The van der Waals surface area contributed by atoms with Crippen molar-refractivity contribution >= 4 is 28.5 Å². The Labute approximate surface area is 217 Å². The number of ether oxygens (including phenoxy) is 1. The number of benzene rings is 1. The number of carbonyl (C=O) groups excluding carboxylic acids is 3. The molecule has 2 aliphatic rings. The minimum atomic E-state index is -1.26. The van der Waals surface area contributed by atoms with Gasteiger partial charge >= 0.3 is 0 Å². The number of Topliss-reactive ketones (excluding diaryl/α,β-unsaturated/α-hetero) is 1. The van der Waals surface area contributed by atoms with Crippen LogP contribution in [0.1, 0.15) is 53.3 Å². The van der Waals surface area contributed by atoms with Crippen LogP contribution in [0, 0.1) is 5.92 Å². The van der Waals surface area contributed by atoms with E-state index in [0.29, 0.717) is 49.5 Å². The number of allylic oxidation sites excluding steroid dienone is 4. The minimum Gasteiger partial charge on any atom is -0.383 e. The molecule has 2 aromatic rings. The van der Waals surface area contributed by atoms with Crippen molar-refractivity contribution in [2.75, 3.05) is 40.9 Å². The number of ketones is 1. The second kappa shape index (κ2) is 11.0. The van der Waals surface area contributed by atoms with Crippen molar-refractivity contribution in [3.05, 3.63) is 59.3 Å². The summed E-state index contributed by atoms with van der Waals surface area (Å²) in [7, 11) is 4.70. The van der Waals surface area contributed by atoms with Crippen molar-refractivity contribution in [3.63, 3.8) is 0 Å². The van der Waals surface area contributed by atoms with Crippen LogP contribution in [-0.4, -0.2) is 78.5 Å². The van der Waals surface area contributed by atoms with Gasteiger partial charge in [0.2, 0.25) is 5.78 Å². The molecular formula is C29H36FN3O4. The Morgan fingerprint density at radius 2 is 1.92 bits per heavy atom. The first-order valence-electron chi connectivity index (χ1n) is 12.8. The number of carbonyl (C=O) groups is 3. The molecular weight excluding hydrogens is 473 g/mol. The van der Waals surface area contributed by atoms with Crippen molar-refractivity contribution in [3.8, 4) is 0 Å². The van der Waals surface area contributed by atoms with Gasteiger partial charge in [0.25, 0.3) is 11.8 Å². The fraction of sp³-hybridized carbons (Fsp3) is 0.483. The summed E-state index contributed by atoms with van der Waals surface area (Å²) < 4.78 is 21.2. The van der Waals surface area contributed by atoms with Gasteiger partial charge in [-0.3, -0.25) is 14.4 Å². The molecule has 1 aliphatic heterocycles. The molecule has 0 spiro atoms. The Morgan fingerprint density at radius 1 is 1.19 bits per heavy atom. The van der Waals surface area contributed by atoms with E-state index in [1.807, 2.05) is 27.8 Å². The van der Waals surface area contributed by atoms with Gasteiger partial charge in [0, 0.05) is 69.9 Å². The number of fused-ring (bicyclic) bond motifs is 1. The number of likely N-dealkylation sites (tertiary alicyclic amines) is 1. The summed E-state index contributed by atoms with van der Waals surface area (Å²) >= 11 is 0. The third-order valence-corrected chi connectivity index (χ3v) is 7.34. The molecule has 1 aromatic heterocycles. The highest BCUT2D eigenvalue weighted by Crippen LogP contribution is 2.32. The van der Waals surface area contributed by atoms with Crippen LogP contribution in [0.15, 0.2) is 48.2 Å². The smallest absolute Gasteiger partial charge is 0.294 e. The predicted molar refractivity (Wildman–Crippen MR) is 141 cm³/mol. The van der Waals surface area contributed by atoms with Gasteiger partial charge in [-0.25, -0.2) is 4.39 Å². The minimum absolute atomic E-state index is 0.0758. The Morgan fingerprint density at radius 3 is 2.54 bits per heavy atom. The van der Waals surface area contributed by atoms with Crippen LogP contribution < -0.4 is 0 Å². The van der Waals surface area contributed by atoms with E-state index in [2.05, 4.69) is 0 Å². The molecule has 1 aliphatic carbocycles. The zero-order valence-electron chi connectivity index (χ0n) is 22.1. The molecule has 2 amide bonds. The first kappa shape index (κ1) is 26.8. The van der Waals surface area contributed by atoms with Gasteiger partial charge in [0.15, 0.2) is 0 Å². The first-order chi connectivity index (χ1) is 17.6. The van der Waals surface area contributed by atoms with E-state index in [9.17, 15) is 18.8 Å². The number of likely N-dealkylation sites (N-methyl/N-ethyl adjacent to an activating group) is 1. The lowest BCUT2D eigenvalue weighted by Gasteiger charge is -2.32. The molecule has 0 bridgehead atoms. The van der Waals surface area contributed by atoms with E-state index in [4.69, 9.17) is 4.74 Å². The van der Waals surface area contributed by atoms with Crippen molar-refractivity contribution in [1.29, 1.82) is 0 Å². The number of alkyl halides is 1. The molecule has 198 valence electrons. The molecule has 7 nitrogen and oxygen atoms in total. The summed E-state index contributed by atoms with van der Waals surface area (Å²) in [5.74, 6) is -0.830. The van der Waals surface area contributed by atoms with Gasteiger partial charge < -0.3 is 19.1 Å². The molecule has 1 aromatic carbocycles. The molecule has 0 N–H and O–H groups in total. The highest BCUT2D eigenvalue weighted by Gasteiger charge is 2.28. The van der Waals surface area contributed by atoms with Gasteiger partial charge in [-0.15, -0.1) is 0 Å². The zero-order chi connectivity index (χ0) is 26.7. The fourth-order valence-electron chi connectivity index (χ4n) is 5.05. The Hall–Kier alpha value is -3.26. The molecule has 1 unspecified atom stereocenters. The number of halogens is 1. The summed E-state index contributed by atoms with van der Waals surface area (Å²) in [6.07, 6.45) is 10.4. The molecule has 1 atom stereocenters. The molecule has 8 heteroatoms. The lowest BCUT2D eigenvalue weighted by Crippen LogP contribution is -2.38. The van der Waals surface area contributed by atoms with Crippen LogP contribution in [0.3, 0.4) is 0 Å². The molecule has 1 saturated heterocycles. The summed E-state index contributed by atoms with van der Waals surface area (Å²) in [4.78, 5) is 41.7. The maximum atomic E-state index is 14.0. The van der Waals surface area contributed by atoms with Crippen molar-refractivity contribution < 1.29 is 23.5 Å². The highest BCUT2D eigenvalue weighted by molar-refractivity contribution is 6.43. The fourth-order valence-corrected chi connectivity index (χ4v) is 5.05. The van der Waals surface area contributed by atoms with Crippen molar-refractivity contribution in [1.82, 2.24) is 14.4 Å². The second-order valence-electron chi connectivity index (χ2n) is 10.5. The Kier molecular flexibility index (Phi) is 7.97. The van der Waals surface area contributed by atoms with Crippen LogP contribution in [-0.2, 0) is 16.1 Å². The quantitative estimate of drug-likeness (QED) is 0.390. The Balaban J connectivity index is 1.52. The number of hydrogen-bond donors (Lipinski definition) is 0. The van der Waals surface area contributed by atoms with Crippen LogP contribution in [0.2, 0.25) is 0 Å². The lowest BCUT2D eigenvalue weighted by molar-refractivity contribution is -0.124. The topological polar surface area (TPSA) is 71.8 Å². The van der Waals surface area contributed by atoms with Crippen molar-refractivity contribution in [2.45, 2.75) is 44.8 Å².